The zero-order valence-electron chi connectivity index (χ0n) is 16.4. The number of ether oxygens (including phenoxy) is 2. The molecule has 0 spiro atoms. The van der Waals surface area contributed by atoms with Crippen LogP contribution in [0, 0.1) is 0 Å². The third-order valence-electron chi connectivity index (χ3n) is 3.44. The Labute approximate surface area is 141 Å². The maximum absolute atomic E-state index is 12.1. The normalized spacial score (nSPS) is 14.1. The lowest BCUT2D eigenvalue weighted by atomic mass is 10.1. The van der Waals surface area contributed by atoms with Crippen LogP contribution in [0.25, 0.3) is 0 Å². The quantitative estimate of drug-likeness (QED) is 0.792. The maximum Gasteiger partial charge on any atom is 0.409 e. The van der Waals surface area contributed by atoms with Gasteiger partial charge in [-0.05, 0) is 37.1 Å². The second-order valence-electron chi connectivity index (χ2n) is 5.09. The van der Waals surface area contributed by atoms with E-state index in [0.717, 1.165) is 10.5 Å². The summed E-state index contributed by atoms with van der Waals surface area (Å²) in [6.07, 6.45) is -0.865. The van der Waals surface area contributed by atoms with Crippen LogP contribution < -0.4 is 4.74 Å². The zero-order chi connectivity index (χ0) is 19.2. The van der Waals surface area contributed by atoms with E-state index in [1.54, 1.807) is 38.1 Å². The molecule has 0 aliphatic heterocycles. The molecule has 1 amide bonds. The highest BCUT2D eigenvalue weighted by atomic mass is 16.6. The fourth-order valence-electron chi connectivity index (χ4n) is 2.11. The SMILES string of the molecule is [2H]C([2H])([2H])N(C(=O)OCC)C(C)c1cccc(OCc2ccccc2)c1. The first-order valence-corrected chi connectivity index (χ1v) is 7.55. The fraction of sp³-hybridized carbons (Fsp3) is 0.316. The third-order valence-corrected chi connectivity index (χ3v) is 3.44. The van der Waals surface area contributed by atoms with Crippen molar-refractivity contribution >= 4 is 6.09 Å². The second kappa shape index (κ2) is 8.22. The van der Waals surface area contributed by atoms with Crippen LogP contribution in [0.2, 0.25) is 0 Å². The largest absolute Gasteiger partial charge is 0.489 e. The van der Waals surface area contributed by atoms with Crippen molar-refractivity contribution < 1.29 is 18.4 Å². The minimum absolute atomic E-state index is 0.109. The van der Waals surface area contributed by atoms with E-state index in [4.69, 9.17) is 13.6 Å². The average Bonchev–Trinajstić information content (AvgIpc) is 2.60. The van der Waals surface area contributed by atoms with Gasteiger partial charge in [-0.25, -0.2) is 4.79 Å². The van der Waals surface area contributed by atoms with Crippen molar-refractivity contribution in [2.45, 2.75) is 26.5 Å². The molecule has 0 saturated heterocycles. The number of carbonyl (C=O) groups is 1. The van der Waals surface area contributed by atoms with Crippen LogP contribution >= 0.6 is 0 Å². The number of benzene rings is 2. The molecule has 4 heteroatoms. The van der Waals surface area contributed by atoms with Crippen molar-refractivity contribution in [2.24, 2.45) is 0 Å². The Kier molecular flexibility index (Phi) is 4.65. The molecule has 2 aromatic rings. The molecule has 2 aromatic carbocycles. The van der Waals surface area contributed by atoms with E-state index in [1.807, 2.05) is 30.3 Å². The smallest absolute Gasteiger partial charge is 0.409 e. The summed E-state index contributed by atoms with van der Waals surface area (Å²) in [4.78, 5) is 12.9. The average molecular weight is 316 g/mol. The number of amides is 1. The number of nitrogens with zero attached hydrogens (tertiary/aromatic N) is 1. The van der Waals surface area contributed by atoms with Gasteiger partial charge in [0.2, 0.25) is 0 Å². The standard InChI is InChI=1S/C19H23NO3/c1-4-22-19(21)20(3)15(2)17-11-8-12-18(13-17)23-14-16-9-6-5-7-10-16/h5-13,15H,4,14H2,1-3H3/i3D3. The van der Waals surface area contributed by atoms with Crippen molar-refractivity contribution in [3.63, 3.8) is 0 Å². The predicted molar refractivity (Wildman–Crippen MR) is 90.4 cm³/mol. The van der Waals surface area contributed by atoms with E-state index in [1.165, 1.54) is 0 Å². The van der Waals surface area contributed by atoms with E-state index in [9.17, 15) is 4.79 Å². The molecule has 4 nitrogen and oxygen atoms in total. The Balaban J connectivity index is 2.17. The summed E-state index contributed by atoms with van der Waals surface area (Å²) < 4.78 is 33.6. The highest BCUT2D eigenvalue weighted by molar-refractivity contribution is 5.67. The van der Waals surface area contributed by atoms with Crippen LogP contribution in [0.4, 0.5) is 4.79 Å². The molecule has 0 aliphatic carbocycles. The highest BCUT2D eigenvalue weighted by Crippen LogP contribution is 2.24. The van der Waals surface area contributed by atoms with Crippen molar-refractivity contribution in [1.82, 2.24) is 4.90 Å². The van der Waals surface area contributed by atoms with E-state index in [2.05, 4.69) is 0 Å². The zero-order valence-corrected chi connectivity index (χ0v) is 13.4. The fourth-order valence-corrected chi connectivity index (χ4v) is 2.11. The van der Waals surface area contributed by atoms with Gasteiger partial charge in [-0.2, -0.15) is 0 Å². The lowest BCUT2D eigenvalue weighted by molar-refractivity contribution is 0.104. The first-order chi connectivity index (χ1) is 12.3. The minimum atomic E-state index is -2.60. The second-order valence-corrected chi connectivity index (χ2v) is 5.09. The van der Waals surface area contributed by atoms with E-state index < -0.39 is 19.1 Å². The van der Waals surface area contributed by atoms with Gasteiger partial charge in [0, 0.05) is 11.1 Å². The molecule has 2 rings (SSSR count). The van der Waals surface area contributed by atoms with Crippen LogP contribution in [0.5, 0.6) is 5.75 Å². The van der Waals surface area contributed by atoms with Crippen LogP contribution in [-0.2, 0) is 11.3 Å². The van der Waals surface area contributed by atoms with Gasteiger partial charge in [-0.1, -0.05) is 42.5 Å². The van der Waals surface area contributed by atoms with Gasteiger partial charge in [0.05, 0.1) is 12.6 Å². The van der Waals surface area contributed by atoms with E-state index >= 15 is 0 Å². The van der Waals surface area contributed by atoms with Crippen LogP contribution in [0.1, 0.15) is 35.1 Å². The van der Waals surface area contributed by atoms with Crippen LogP contribution in [-0.4, -0.2) is 24.6 Å². The molecular formula is C19H23NO3. The Morgan fingerprint density at radius 1 is 1.22 bits per heavy atom. The lowest BCUT2D eigenvalue weighted by Gasteiger charge is -2.24. The Morgan fingerprint density at radius 3 is 2.70 bits per heavy atom. The summed E-state index contributed by atoms with van der Waals surface area (Å²) >= 11 is 0. The minimum Gasteiger partial charge on any atom is -0.489 e. The van der Waals surface area contributed by atoms with Gasteiger partial charge < -0.3 is 14.4 Å². The van der Waals surface area contributed by atoms with E-state index in [-0.39, 0.29) is 6.61 Å². The molecule has 0 aliphatic rings. The predicted octanol–water partition coefficient (Wildman–Crippen LogP) is 4.41. The summed E-state index contributed by atoms with van der Waals surface area (Å²) in [6.45, 7) is 1.20. The Hall–Kier alpha value is -2.49. The molecule has 0 bridgehead atoms. The molecule has 0 radical (unpaired) electrons. The van der Waals surface area contributed by atoms with Crippen molar-refractivity contribution in [3.05, 3.63) is 65.7 Å². The van der Waals surface area contributed by atoms with Crippen molar-refractivity contribution in [3.8, 4) is 5.75 Å². The van der Waals surface area contributed by atoms with Gasteiger partial charge in [-0.15, -0.1) is 0 Å². The Morgan fingerprint density at radius 2 is 2.00 bits per heavy atom. The molecule has 0 saturated carbocycles. The molecule has 1 atom stereocenters. The number of carbonyl (C=O) groups excluding carboxylic acids is 1. The molecule has 1 unspecified atom stereocenters. The summed E-state index contributed by atoms with van der Waals surface area (Å²) in [5.41, 5.74) is 1.68. The lowest BCUT2D eigenvalue weighted by Crippen LogP contribution is -2.30. The topological polar surface area (TPSA) is 38.8 Å². The maximum atomic E-state index is 12.1. The van der Waals surface area contributed by atoms with Gasteiger partial charge in [0.1, 0.15) is 12.4 Å². The summed E-state index contributed by atoms with van der Waals surface area (Å²) in [5, 5.41) is 0. The molecule has 122 valence electrons. The first kappa shape index (κ1) is 13.0. The highest BCUT2D eigenvalue weighted by Gasteiger charge is 2.18. The number of rotatable bonds is 6. The molecule has 23 heavy (non-hydrogen) atoms. The third kappa shape index (κ3) is 4.74. The Bertz CT molecular complexity index is 719. The monoisotopic (exact) mass is 316 g/mol. The molecule has 0 N–H and O–H groups in total. The molecular weight excluding hydrogens is 290 g/mol. The molecule has 0 fully saturated rings. The summed E-state index contributed by atoms with van der Waals surface area (Å²) in [5.74, 6) is 0.604. The van der Waals surface area contributed by atoms with Gasteiger partial charge >= 0.3 is 6.09 Å². The summed E-state index contributed by atoms with van der Waals surface area (Å²) in [7, 11) is 0. The van der Waals surface area contributed by atoms with Crippen molar-refractivity contribution in [2.75, 3.05) is 13.6 Å². The summed E-state index contributed by atoms with van der Waals surface area (Å²) in [6, 6.07) is 16.1. The van der Waals surface area contributed by atoms with E-state index in [0.29, 0.717) is 17.9 Å². The first-order valence-electron chi connectivity index (χ1n) is 9.05. The number of hydrogen-bond donors (Lipinski definition) is 0. The van der Waals surface area contributed by atoms with Crippen LogP contribution in [0.3, 0.4) is 0 Å². The van der Waals surface area contributed by atoms with Crippen LogP contribution in [0.15, 0.2) is 54.6 Å². The van der Waals surface area contributed by atoms with Gasteiger partial charge in [-0.3, -0.25) is 0 Å². The number of hydrogen-bond acceptors (Lipinski definition) is 3. The van der Waals surface area contributed by atoms with Gasteiger partial charge in [0.25, 0.3) is 0 Å². The molecule has 0 aromatic heterocycles. The van der Waals surface area contributed by atoms with Crippen molar-refractivity contribution in [1.29, 1.82) is 0 Å². The van der Waals surface area contributed by atoms with Gasteiger partial charge in [0.15, 0.2) is 0 Å². The molecule has 0 heterocycles.